The monoisotopic (exact) mass is 478 g/mol. The van der Waals surface area contributed by atoms with Crippen LogP contribution in [0, 0.1) is 26.1 Å². The SMILES string of the molecule is O=C(O)CCC(=O)N1N=C2/C(=C\c3cccc([N+](=O)[O-])c3)CCC[C@H]2[C@H]1c1cccc([N+](=O)[O-])c1. The number of nitro benzene ring substituents is 2. The molecular formula is C24H22N4O7. The van der Waals surface area contributed by atoms with E-state index in [9.17, 15) is 29.8 Å². The fourth-order valence-electron chi connectivity index (χ4n) is 4.62. The van der Waals surface area contributed by atoms with E-state index in [1.165, 1.54) is 29.3 Å². The number of nitro groups is 2. The fourth-order valence-corrected chi connectivity index (χ4v) is 4.62. The first-order valence-electron chi connectivity index (χ1n) is 11.1. The molecule has 0 saturated heterocycles. The highest BCUT2D eigenvalue weighted by molar-refractivity contribution is 6.08. The summed E-state index contributed by atoms with van der Waals surface area (Å²) in [6.07, 6.45) is 3.30. The van der Waals surface area contributed by atoms with Crippen molar-refractivity contribution in [2.24, 2.45) is 11.0 Å². The van der Waals surface area contributed by atoms with Crippen LogP contribution in [0.2, 0.25) is 0 Å². The Morgan fingerprint density at radius 3 is 2.43 bits per heavy atom. The molecule has 0 unspecified atom stereocenters. The van der Waals surface area contributed by atoms with E-state index in [2.05, 4.69) is 5.10 Å². The number of carbonyl (C=O) groups is 2. The van der Waals surface area contributed by atoms with Gasteiger partial charge in [-0.25, -0.2) is 5.01 Å². The van der Waals surface area contributed by atoms with Gasteiger partial charge in [0.2, 0.25) is 5.91 Å². The van der Waals surface area contributed by atoms with Crippen LogP contribution in [0.25, 0.3) is 6.08 Å². The highest BCUT2D eigenvalue weighted by Crippen LogP contribution is 2.45. The maximum atomic E-state index is 13.0. The summed E-state index contributed by atoms with van der Waals surface area (Å²) < 4.78 is 0. The molecule has 11 nitrogen and oxygen atoms in total. The van der Waals surface area contributed by atoms with Gasteiger partial charge < -0.3 is 5.11 Å². The molecular weight excluding hydrogens is 456 g/mol. The van der Waals surface area contributed by atoms with Gasteiger partial charge >= 0.3 is 5.97 Å². The number of carboxylic acids is 1. The third kappa shape index (κ3) is 5.08. The first kappa shape index (κ1) is 23.7. The second kappa shape index (κ2) is 9.84. The lowest BCUT2D eigenvalue weighted by Crippen LogP contribution is -2.32. The van der Waals surface area contributed by atoms with Crippen LogP contribution in [0.3, 0.4) is 0 Å². The minimum Gasteiger partial charge on any atom is -0.481 e. The third-order valence-corrected chi connectivity index (χ3v) is 6.15. The van der Waals surface area contributed by atoms with Crippen LogP contribution >= 0.6 is 0 Å². The Bertz CT molecular complexity index is 1270. The number of benzene rings is 2. The number of aliphatic carboxylic acids is 1. The lowest BCUT2D eigenvalue weighted by atomic mass is 9.77. The van der Waals surface area contributed by atoms with Gasteiger partial charge in [0.15, 0.2) is 0 Å². The highest BCUT2D eigenvalue weighted by Gasteiger charge is 2.44. The third-order valence-electron chi connectivity index (χ3n) is 6.15. The lowest BCUT2D eigenvalue weighted by molar-refractivity contribution is -0.385. The van der Waals surface area contributed by atoms with E-state index in [-0.39, 0.29) is 30.1 Å². The molecule has 0 spiro atoms. The van der Waals surface area contributed by atoms with Crippen LogP contribution in [0.4, 0.5) is 11.4 Å². The molecule has 1 amide bonds. The minimum absolute atomic E-state index is 0.0417. The topological polar surface area (TPSA) is 156 Å². The quantitative estimate of drug-likeness (QED) is 0.454. The molecule has 4 rings (SSSR count). The molecule has 1 heterocycles. The summed E-state index contributed by atoms with van der Waals surface area (Å²) in [5.41, 5.74) is 2.48. The van der Waals surface area contributed by atoms with Crippen molar-refractivity contribution in [3.8, 4) is 0 Å². The van der Waals surface area contributed by atoms with Gasteiger partial charge in [0.25, 0.3) is 11.4 Å². The van der Waals surface area contributed by atoms with Crippen molar-refractivity contribution in [2.75, 3.05) is 0 Å². The van der Waals surface area contributed by atoms with Crippen molar-refractivity contribution in [3.05, 3.63) is 85.5 Å². The minimum atomic E-state index is -1.11. The van der Waals surface area contributed by atoms with E-state index in [1.807, 2.05) is 6.08 Å². The maximum absolute atomic E-state index is 13.0. The van der Waals surface area contributed by atoms with E-state index >= 15 is 0 Å². The van der Waals surface area contributed by atoms with Crippen molar-refractivity contribution >= 4 is 35.0 Å². The molecule has 2 atom stereocenters. The van der Waals surface area contributed by atoms with E-state index in [4.69, 9.17) is 5.11 Å². The van der Waals surface area contributed by atoms with E-state index in [0.717, 1.165) is 12.0 Å². The van der Waals surface area contributed by atoms with Gasteiger partial charge in [0.05, 0.1) is 28.0 Å². The summed E-state index contributed by atoms with van der Waals surface area (Å²) >= 11 is 0. The van der Waals surface area contributed by atoms with Gasteiger partial charge in [0.1, 0.15) is 0 Å². The molecule has 2 aliphatic rings. The zero-order valence-electron chi connectivity index (χ0n) is 18.6. The number of hydrogen-bond donors (Lipinski definition) is 1. The predicted molar refractivity (Wildman–Crippen MR) is 125 cm³/mol. The van der Waals surface area contributed by atoms with Crippen LogP contribution in [0.1, 0.15) is 49.3 Å². The number of hydrogen-bond acceptors (Lipinski definition) is 7. The first-order chi connectivity index (χ1) is 16.7. The highest BCUT2D eigenvalue weighted by atomic mass is 16.6. The fraction of sp³-hybridized carbons (Fsp3) is 0.292. The maximum Gasteiger partial charge on any atom is 0.303 e. The van der Waals surface area contributed by atoms with Crippen LogP contribution in [0.5, 0.6) is 0 Å². The number of carbonyl (C=O) groups excluding carboxylic acids is 1. The summed E-state index contributed by atoms with van der Waals surface area (Å²) in [4.78, 5) is 45.6. The number of allylic oxidation sites excluding steroid dienone is 1. The van der Waals surface area contributed by atoms with Crippen molar-refractivity contribution < 1.29 is 24.5 Å². The van der Waals surface area contributed by atoms with Crippen LogP contribution < -0.4 is 0 Å². The molecule has 1 aliphatic heterocycles. The Labute approximate surface area is 199 Å². The molecule has 1 aliphatic carbocycles. The standard InChI is InChI=1S/C24H22N4O7/c29-21(10-11-22(30)31)26-24(17-6-2-8-19(14-17)28(34)35)20-9-3-5-16(23(20)25-26)12-15-4-1-7-18(13-15)27(32)33/h1-2,4,6-8,12-14,20,24H,3,5,9-11H2,(H,30,31)/b16-12-/t20-,24-/m1/s1. The van der Waals surface area contributed by atoms with Crippen molar-refractivity contribution in [3.63, 3.8) is 0 Å². The molecule has 1 saturated carbocycles. The van der Waals surface area contributed by atoms with Gasteiger partial charge in [-0.3, -0.25) is 29.8 Å². The molecule has 2 aromatic carbocycles. The average molecular weight is 478 g/mol. The molecule has 0 aromatic heterocycles. The Morgan fingerprint density at radius 2 is 1.74 bits per heavy atom. The van der Waals surface area contributed by atoms with E-state index in [1.54, 1.807) is 24.3 Å². The molecule has 1 fully saturated rings. The molecule has 35 heavy (non-hydrogen) atoms. The van der Waals surface area contributed by atoms with Crippen LogP contribution in [-0.2, 0) is 9.59 Å². The number of amides is 1. The van der Waals surface area contributed by atoms with E-state index in [0.29, 0.717) is 29.7 Å². The second-order valence-electron chi connectivity index (χ2n) is 8.43. The molecule has 180 valence electrons. The number of fused-ring (bicyclic) bond motifs is 1. The van der Waals surface area contributed by atoms with Gasteiger partial charge in [0, 0.05) is 36.6 Å². The van der Waals surface area contributed by atoms with Crippen molar-refractivity contribution in [1.29, 1.82) is 0 Å². The molecule has 2 aromatic rings. The van der Waals surface area contributed by atoms with Crippen molar-refractivity contribution in [1.82, 2.24) is 5.01 Å². The smallest absolute Gasteiger partial charge is 0.303 e. The van der Waals surface area contributed by atoms with Gasteiger partial charge in [-0.1, -0.05) is 24.3 Å². The average Bonchev–Trinajstić information content (AvgIpc) is 3.23. The first-order valence-corrected chi connectivity index (χ1v) is 11.1. The molecule has 0 bridgehead atoms. The van der Waals surface area contributed by atoms with Crippen LogP contribution in [0.15, 0.2) is 59.2 Å². The van der Waals surface area contributed by atoms with Gasteiger partial charge in [-0.05, 0) is 42.0 Å². The normalized spacial score (nSPS) is 20.3. The summed E-state index contributed by atoms with van der Waals surface area (Å²) in [6.45, 7) is 0. The Balaban J connectivity index is 1.75. The largest absolute Gasteiger partial charge is 0.481 e. The summed E-state index contributed by atoms with van der Waals surface area (Å²) in [7, 11) is 0. The lowest BCUT2D eigenvalue weighted by Gasteiger charge is -2.29. The number of carboxylic acid groups (broad SMARTS) is 1. The molecule has 0 radical (unpaired) electrons. The van der Waals surface area contributed by atoms with Crippen LogP contribution in [-0.4, -0.2) is 37.6 Å². The summed E-state index contributed by atoms with van der Waals surface area (Å²) in [5.74, 6) is -1.84. The number of nitrogens with zero attached hydrogens (tertiary/aromatic N) is 4. The number of hydrazone groups is 1. The summed E-state index contributed by atoms with van der Waals surface area (Å²) in [6, 6.07) is 11.6. The van der Waals surface area contributed by atoms with Crippen molar-refractivity contribution in [2.45, 2.75) is 38.1 Å². The Hall–Kier alpha value is -4.41. The predicted octanol–water partition coefficient (Wildman–Crippen LogP) is 4.49. The number of rotatable bonds is 7. The molecule has 11 heteroatoms. The molecule has 1 N–H and O–H groups in total. The summed E-state index contributed by atoms with van der Waals surface area (Å²) in [5, 5.41) is 37.4. The Kier molecular flexibility index (Phi) is 6.67. The zero-order valence-corrected chi connectivity index (χ0v) is 18.6. The van der Waals surface area contributed by atoms with Gasteiger partial charge in [-0.2, -0.15) is 5.10 Å². The van der Waals surface area contributed by atoms with Gasteiger partial charge in [-0.15, -0.1) is 0 Å². The number of non-ortho nitro benzene ring substituents is 2. The Morgan fingerprint density at radius 1 is 1.06 bits per heavy atom. The zero-order chi connectivity index (χ0) is 25.1. The van der Waals surface area contributed by atoms with E-state index < -0.39 is 27.8 Å². The second-order valence-corrected chi connectivity index (χ2v) is 8.43.